The van der Waals surface area contributed by atoms with Crippen LogP contribution in [-0.4, -0.2) is 26.5 Å². The van der Waals surface area contributed by atoms with Crippen LogP contribution in [0.15, 0.2) is 23.2 Å². The van der Waals surface area contributed by atoms with E-state index in [0.717, 1.165) is 0 Å². The summed E-state index contributed by atoms with van der Waals surface area (Å²) in [4.78, 5) is 14.9. The average molecular weight is 208 g/mol. The number of esters is 1. The van der Waals surface area contributed by atoms with Gasteiger partial charge in [-0.25, -0.2) is 4.79 Å². The lowest BCUT2D eigenvalue weighted by Crippen LogP contribution is -2.08. The Balaban J connectivity index is 3.07. The maximum atomic E-state index is 11.2. The lowest BCUT2D eigenvalue weighted by atomic mass is 10.2. The van der Waals surface area contributed by atoms with Gasteiger partial charge in [0.2, 0.25) is 0 Å². The third-order valence-corrected chi connectivity index (χ3v) is 1.79. The largest absolute Gasteiger partial charge is 0.476 e. The van der Waals surface area contributed by atoms with Gasteiger partial charge in [0.1, 0.15) is 18.2 Å². The van der Waals surface area contributed by atoms with Crippen molar-refractivity contribution in [1.29, 1.82) is 0 Å². The van der Waals surface area contributed by atoms with E-state index < -0.39 is 5.97 Å². The van der Waals surface area contributed by atoms with Gasteiger partial charge in [-0.15, -0.1) is 0 Å². The first-order valence-electron chi connectivity index (χ1n) is 4.25. The molecule has 80 valence electrons. The minimum absolute atomic E-state index is 0.0418. The third-order valence-electron chi connectivity index (χ3n) is 1.79. The predicted molar refractivity (Wildman–Crippen MR) is 56.7 cm³/mol. The number of aliphatic imine (C=N–C) groups is 1. The number of rotatable bonds is 4. The second-order valence-corrected chi connectivity index (χ2v) is 2.64. The monoisotopic (exact) mass is 208 g/mol. The molecule has 5 heteroatoms. The smallest absolute Gasteiger partial charge is 0.337 e. The van der Waals surface area contributed by atoms with Gasteiger partial charge in [0, 0.05) is 0 Å². The van der Waals surface area contributed by atoms with Crippen LogP contribution in [0.25, 0.3) is 0 Å². The molecular weight excluding hydrogens is 196 g/mol. The number of benzene rings is 1. The van der Waals surface area contributed by atoms with Crippen LogP contribution >= 0.6 is 0 Å². The summed E-state index contributed by atoms with van der Waals surface area (Å²) in [5, 5.41) is 0. The Labute approximate surface area is 87.5 Å². The summed E-state index contributed by atoms with van der Waals surface area (Å²) in [7, 11) is 1.31. The first-order valence-corrected chi connectivity index (χ1v) is 4.25. The van der Waals surface area contributed by atoms with E-state index in [2.05, 4.69) is 16.4 Å². The minimum Gasteiger partial charge on any atom is -0.476 e. The van der Waals surface area contributed by atoms with Crippen LogP contribution in [0.5, 0.6) is 5.75 Å². The summed E-state index contributed by atoms with van der Waals surface area (Å²) in [5.41, 5.74) is 6.09. The van der Waals surface area contributed by atoms with Gasteiger partial charge in [0.05, 0.1) is 12.7 Å². The number of nitrogens with zero attached hydrogens (tertiary/aromatic N) is 1. The van der Waals surface area contributed by atoms with Crippen LogP contribution in [0.1, 0.15) is 10.4 Å². The van der Waals surface area contributed by atoms with Gasteiger partial charge in [0.15, 0.2) is 0 Å². The molecule has 0 spiro atoms. The molecule has 1 aromatic rings. The topological polar surface area (TPSA) is 73.9 Å². The van der Waals surface area contributed by atoms with E-state index in [4.69, 9.17) is 10.5 Å². The van der Waals surface area contributed by atoms with Crippen molar-refractivity contribution in [3.63, 3.8) is 0 Å². The molecular formula is C10H12N2O3. The fourth-order valence-corrected chi connectivity index (χ4v) is 1.10. The van der Waals surface area contributed by atoms with Gasteiger partial charge in [0.25, 0.3) is 0 Å². The molecule has 0 saturated carbocycles. The van der Waals surface area contributed by atoms with Crippen LogP contribution in [0, 0.1) is 0 Å². The summed E-state index contributed by atoms with van der Waals surface area (Å²) in [6.45, 7) is 3.42. The van der Waals surface area contributed by atoms with E-state index >= 15 is 0 Å². The van der Waals surface area contributed by atoms with Gasteiger partial charge < -0.3 is 9.47 Å². The van der Waals surface area contributed by atoms with Crippen molar-refractivity contribution in [3.8, 4) is 5.75 Å². The first kappa shape index (κ1) is 11.2. The number of methoxy groups -OCH3 is 1. The fourth-order valence-electron chi connectivity index (χ4n) is 1.10. The third kappa shape index (κ3) is 2.54. The first-order chi connectivity index (χ1) is 7.22. The molecule has 0 amide bonds. The Bertz CT molecular complexity index is 377. The van der Waals surface area contributed by atoms with Crippen LogP contribution in [0.2, 0.25) is 0 Å². The summed E-state index contributed by atoms with van der Waals surface area (Å²) >= 11 is 0. The van der Waals surface area contributed by atoms with Crippen LogP contribution in [0.4, 0.5) is 5.69 Å². The summed E-state index contributed by atoms with van der Waals surface area (Å²) < 4.78 is 9.66. The van der Waals surface area contributed by atoms with Crippen molar-refractivity contribution in [2.75, 3.05) is 13.8 Å². The SMILES string of the molecule is C=Nc1cc(C(=O)OC)ccc1OCN. The van der Waals surface area contributed by atoms with Gasteiger partial charge in [-0.2, -0.15) is 0 Å². The quantitative estimate of drug-likeness (QED) is 0.456. The zero-order valence-electron chi connectivity index (χ0n) is 8.40. The molecule has 0 radical (unpaired) electrons. The van der Waals surface area contributed by atoms with E-state index in [0.29, 0.717) is 17.0 Å². The highest BCUT2D eigenvalue weighted by Gasteiger charge is 2.09. The van der Waals surface area contributed by atoms with E-state index in [1.807, 2.05) is 0 Å². The Hall–Kier alpha value is -1.88. The molecule has 1 rings (SSSR count). The zero-order chi connectivity index (χ0) is 11.3. The number of hydrogen-bond donors (Lipinski definition) is 1. The fraction of sp³-hybridized carbons (Fsp3) is 0.200. The van der Waals surface area contributed by atoms with Crippen molar-refractivity contribution in [1.82, 2.24) is 0 Å². The van der Waals surface area contributed by atoms with Crippen LogP contribution in [-0.2, 0) is 4.74 Å². The molecule has 2 N–H and O–H groups in total. The predicted octanol–water partition coefficient (Wildman–Crippen LogP) is 1.10. The summed E-state index contributed by atoms with van der Waals surface area (Å²) in [6.07, 6.45) is 0. The van der Waals surface area contributed by atoms with Gasteiger partial charge in [-0.05, 0) is 24.9 Å². The highest BCUT2D eigenvalue weighted by atomic mass is 16.5. The number of carbonyl (C=O) groups is 1. The van der Waals surface area contributed by atoms with Crippen molar-refractivity contribution in [2.45, 2.75) is 0 Å². The molecule has 0 heterocycles. The molecule has 0 unspecified atom stereocenters. The summed E-state index contributed by atoms with van der Waals surface area (Å²) in [6, 6.07) is 4.71. The Morgan fingerprint density at radius 3 is 2.87 bits per heavy atom. The lowest BCUT2D eigenvalue weighted by Gasteiger charge is -2.07. The molecule has 0 atom stereocenters. The Morgan fingerprint density at radius 1 is 1.60 bits per heavy atom. The maximum absolute atomic E-state index is 11.2. The van der Waals surface area contributed by atoms with E-state index in [1.165, 1.54) is 13.2 Å². The highest BCUT2D eigenvalue weighted by molar-refractivity contribution is 5.90. The van der Waals surface area contributed by atoms with E-state index in [-0.39, 0.29) is 6.73 Å². The standard InChI is InChI=1S/C10H12N2O3/c1-12-8-5-7(10(13)14-2)3-4-9(8)15-6-11/h3-5H,1,6,11H2,2H3. The molecule has 0 bridgehead atoms. The van der Waals surface area contributed by atoms with Crippen molar-refractivity contribution < 1.29 is 14.3 Å². The van der Waals surface area contributed by atoms with Crippen LogP contribution in [0.3, 0.4) is 0 Å². The van der Waals surface area contributed by atoms with Gasteiger partial charge >= 0.3 is 5.97 Å². The normalized spacial score (nSPS) is 9.47. The maximum Gasteiger partial charge on any atom is 0.337 e. The number of carbonyl (C=O) groups excluding carboxylic acids is 1. The van der Waals surface area contributed by atoms with E-state index in [9.17, 15) is 4.79 Å². The molecule has 0 aliphatic rings. The second-order valence-electron chi connectivity index (χ2n) is 2.64. The number of hydrogen-bond acceptors (Lipinski definition) is 5. The molecule has 0 aromatic heterocycles. The summed E-state index contributed by atoms with van der Waals surface area (Å²) in [5.74, 6) is 0.0550. The average Bonchev–Trinajstić information content (AvgIpc) is 2.29. The molecule has 0 aliphatic heterocycles. The zero-order valence-corrected chi connectivity index (χ0v) is 8.40. The molecule has 1 aromatic carbocycles. The molecule has 5 nitrogen and oxygen atoms in total. The molecule has 15 heavy (non-hydrogen) atoms. The molecule has 0 saturated heterocycles. The molecule has 0 aliphatic carbocycles. The van der Waals surface area contributed by atoms with Crippen molar-refractivity contribution in [3.05, 3.63) is 23.8 Å². The van der Waals surface area contributed by atoms with Crippen molar-refractivity contribution >= 4 is 18.4 Å². The van der Waals surface area contributed by atoms with Crippen molar-refractivity contribution in [2.24, 2.45) is 10.7 Å². The second kappa shape index (κ2) is 5.11. The minimum atomic E-state index is -0.431. The van der Waals surface area contributed by atoms with Crippen LogP contribution < -0.4 is 10.5 Å². The Morgan fingerprint density at radius 2 is 2.33 bits per heavy atom. The number of nitrogens with two attached hydrogens (primary N) is 1. The van der Waals surface area contributed by atoms with Gasteiger partial charge in [-0.3, -0.25) is 10.7 Å². The van der Waals surface area contributed by atoms with E-state index in [1.54, 1.807) is 12.1 Å². The number of ether oxygens (including phenoxy) is 2. The highest BCUT2D eigenvalue weighted by Crippen LogP contribution is 2.28. The molecule has 0 fully saturated rings. The van der Waals surface area contributed by atoms with Gasteiger partial charge in [-0.1, -0.05) is 0 Å². The lowest BCUT2D eigenvalue weighted by molar-refractivity contribution is 0.0601. The Kier molecular flexibility index (Phi) is 3.82.